The van der Waals surface area contributed by atoms with Gasteiger partial charge in [0.25, 0.3) is 0 Å². The van der Waals surface area contributed by atoms with Crippen molar-refractivity contribution in [2.45, 2.75) is 25.9 Å². The molecule has 5 nitrogen and oxygen atoms in total. The molecular formula is C13H19N3O2. The SMILES string of the molecule is OCc1nccnc1N1CCC2(CCOC2)CC1. The summed E-state index contributed by atoms with van der Waals surface area (Å²) in [5.74, 6) is 0.841. The summed E-state index contributed by atoms with van der Waals surface area (Å²) in [6, 6.07) is 0. The van der Waals surface area contributed by atoms with Crippen LogP contribution >= 0.6 is 0 Å². The molecule has 5 heteroatoms. The van der Waals surface area contributed by atoms with E-state index in [1.54, 1.807) is 12.4 Å². The molecule has 0 amide bonds. The summed E-state index contributed by atoms with van der Waals surface area (Å²) in [7, 11) is 0. The quantitative estimate of drug-likeness (QED) is 0.846. The smallest absolute Gasteiger partial charge is 0.152 e. The fourth-order valence-electron chi connectivity index (χ4n) is 2.97. The van der Waals surface area contributed by atoms with Crippen molar-refractivity contribution in [1.82, 2.24) is 9.97 Å². The van der Waals surface area contributed by atoms with Crippen molar-refractivity contribution in [3.63, 3.8) is 0 Å². The van der Waals surface area contributed by atoms with Crippen LogP contribution in [0.1, 0.15) is 25.0 Å². The molecule has 1 aromatic rings. The minimum atomic E-state index is -0.0477. The minimum Gasteiger partial charge on any atom is -0.390 e. The van der Waals surface area contributed by atoms with Gasteiger partial charge in [0.15, 0.2) is 5.82 Å². The highest BCUT2D eigenvalue weighted by Crippen LogP contribution is 2.40. The Morgan fingerprint density at radius 3 is 2.67 bits per heavy atom. The van der Waals surface area contributed by atoms with Crippen LogP contribution in [0.15, 0.2) is 12.4 Å². The van der Waals surface area contributed by atoms with Crippen LogP contribution in [0.4, 0.5) is 5.82 Å². The van der Waals surface area contributed by atoms with Gasteiger partial charge >= 0.3 is 0 Å². The molecule has 3 rings (SSSR count). The molecule has 3 heterocycles. The van der Waals surface area contributed by atoms with E-state index in [4.69, 9.17) is 4.74 Å². The summed E-state index contributed by atoms with van der Waals surface area (Å²) in [5.41, 5.74) is 1.08. The first-order chi connectivity index (χ1) is 8.83. The Morgan fingerprint density at radius 2 is 2.00 bits per heavy atom. The van der Waals surface area contributed by atoms with E-state index in [0.29, 0.717) is 11.1 Å². The second-order valence-corrected chi connectivity index (χ2v) is 5.27. The van der Waals surface area contributed by atoms with Crippen LogP contribution in [-0.4, -0.2) is 41.4 Å². The lowest BCUT2D eigenvalue weighted by Gasteiger charge is -2.39. The molecule has 2 aliphatic rings. The minimum absolute atomic E-state index is 0.0477. The summed E-state index contributed by atoms with van der Waals surface area (Å²) < 4.78 is 5.54. The molecule has 1 spiro atoms. The highest BCUT2D eigenvalue weighted by molar-refractivity contribution is 5.43. The van der Waals surface area contributed by atoms with Crippen molar-refractivity contribution in [2.75, 3.05) is 31.2 Å². The zero-order valence-electron chi connectivity index (χ0n) is 10.5. The maximum Gasteiger partial charge on any atom is 0.152 e. The van der Waals surface area contributed by atoms with Crippen LogP contribution in [0.25, 0.3) is 0 Å². The van der Waals surface area contributed by atoms with Crippen molar-refractivity contribution in [3.05, 3.63) is 18.1 Å². The third-order valence-corrected chi connectivity index (χ3v) is 4.21. The summed E-state index contributed by atoms with van der Waals surface area (Å²) in [4.78, 5) is 10.8. The van der Waals surface area contributed by atoms with Gasteiger partial charge < -0.3 is 14.7 Å². The van der Waals surface area contributed by atoms with E-state index in [2.05, 4.69) is 14.9 Å². The Kier molecular flexibility index (Phi) is 3.18. The average Bonchev–Trinajstić information content (AvgIpc) is 2.88. The van der Waals surface area contributed by atoms with E-state index in [-0.39, 0.29) is 6.61 Å². The normalized spacial score (nSPS) is 22.6. The molecule has 2 fully saturated rings. The van der Waals surface area contributed by atoms with Gasteiger partial charge in [0.2, 0.25) is 0 Å². The number of nitrogens with zero attached hydrogens (tertiary/aromatic N) is 3. The van der Waals surface area contributed by atoms with Gasteiger partial charge in [-0.2, -0.15) is 0 Å². The number of anilines is 1. The number of ether oxygens (including phenoxy) is 1. The first kappa shape index (κ1) is 11.9. The molecule has 18 heavy (non-hydrogen) atoms. The van der Waals surface area contributed by atoms with Crippen molar-refractivity contribution in [3.8, 4) is 0 Å². The van der Waals surface area contributed by atoms with E-state index in [0.717, 1.165) is 45.0 Å². The molecule has 0 atom stereocenters. The Labute approximate surface area is 107 Å². The largest absolute Gasteiger partial charge is 0.390 e. The third kappa shape index (κ3) is 2.08. The van der Waals surface area contributed by atoms with E-state index in [9.17, 15) is 5.11 Å². The molecule has 0 bridgehead atoms. The zero-order chi connectivity index (χ0) is 12.4. The van der Waals surface area contributed by atoms with Crippen molar-refractivity contribution in [1.29, 1.82) is 0 Å². The topological polar surface area (TPSA) is 58.5 Å². The Bertz CT molecular complexity index is 408. The van der Waals surface area contributed by atoms with Crippen molar-refractivity contribution in [2.24, 2.45) is 5.41 Å². The lowest BCUT2D eigenvalue weighted by atomic mass is 9.78. The van der Waals surface area contributed by atoms with Crippen LogP contribution in [0.5, 0.6) is 0 Å². The van der Waals surface area contributed by atoms with Gasteiger partial charge in [-0.15, -0.1) is 0 Å². The van der Waals surface area contributed by atoms with Gasteiger partial charge in [-0.05, 0) is 24.7 Å². The molecule has 0 aliphatic carbocycles. The summed E-state index contributed by atoms with van der Waals surface area (Å²) in [6.07, 6.45) is 6.81. The van der Waals surface area contributed by atoms with Crippen molar-refractivity contribution < 1.29 is 9.84 Å². The Hall–Kier alpha value is -1.20. The average molecular weight is 249 g/mol. The molecule has 1 N–H and O–H groups in total. The molecule has 2 aliphatic heterocycles. The molecule has 98 valence electrons. The molecule has 0 aromatic carbocycles. The highest BCUT2D eigenvalue weighted by atomic mass is 16.5. The van der Waals surface area contributed by atoms with E-state index >= 15 is 0 Å². The maximum absolute atomic E-state index is 9.30. The second kappa shape index (κ2) is 4.82. The predicted molar refractivity (Wildman–Crippen MR) is 67.3 cm³/mol. The summed E-state index contributed by atoms with van der Waals surface area (Å²) in [6.45, 7) is 3.74. The van der Waals surface area contributed by atoms with Gasteiger partial charge in [-0.3, -0.25) is 4.98 Å². The van der Waals surface area contributed by atoms with Gasteiger partial charge in [-0.25, -0.2) is 4.98 Å². The molecular weight excluding hydrogens is 230 g/mol. The fourth-order valence-corrected chi connectivity index (χ4v) is 2.97. The fraction of sp³-hybridized carbons (Fsp3) is 0.692. The van der Waals surface area contributed by atoms with Crippen LogP contribution in [0.3, 0.4) is 0 Å². The third-order valence-electron chi connectivity index (χ3n) is 4.21. The van der Waals surface area contributed by atoms with Crippen LogP contribution in [0.2, 0.25) is 0 Å². The maximum atomic E-state index is 9.30. The highest BCUT2D eigenvalue weighted by Gasteiger charge is 2.38. The first-order valence-electron chi connectivity index (χ1n) is 6.56. The van der Waals surface area contributed by atoms with E-state index < -0.39 is 0 Å². The van der Waals surface area contributed by atoms with E-state index in [1.807, 2.05) is 0 Å². The monoisotopic (exact) mass is 249 g/mol. The lowest BCUT2D eigenvalue weighted by molar-refractivity contribution is 0.133. The number of aromatic nitrogens is 2. The molecule has 1 aromatic heterocycles. The van der Waals surface area contributed by atoms with Crippen LogP contribution < -0.4 is 4.90 Å². The first-order valence-corrected chi connectivity index (χ1v) is 6.56. The number of aliphatic hydroxyl groups is 1. The summed E-state index contributed by atoms with van der Waals surface area (Å²) in [5, 5.41) is 9.30. The number of piperidine rings is 1. The molecule has 0 radical (unpaired) electrons. The number of hydrogen-bond donors (Lipinski definition) is 1. The standard InChI is InChI=1S/C13H19N3O2/c17-9-11-12(15-5-4-14-11)16-6-1-13(2-7-16)3-8-18-10-13/h4-5,17H,1-3,6-10H2. The second-order valence-electron chi connectivity index (χ2n) is 5.27. The summed E-state index contributed by atoms with van der Waals surface area (Å²) >= 11 is 0. The zero-order valence-corrected chi connectivity index (χ0v) is 10.5. The number of hydrogen-bond acceptors (Lipinski definition) is 5. The van der Waals surface area contributed by atoms with Gasteiger partial charge in [-0.1, -0.05) is 0 Å². The van der Waals surface area contributed by atoms with Crippen molar-refractivity contribution >= 4 is 5.82 Å². The van der Waals surface area contributed by atoms with Gasteiger partial charge in [0, 0.05) is 32.1 Å². The van der Waals surface area contributed by atoms with Gasteiger partial charge in [0.05, 0.1) is 13.2 Å². The Morgan fingerprint density at radius 1 is 1.22 bits per heavy atom. The van der Waals surface area contributed by atoms with E-state index in [1.165, 1.54) is 6.42 Å². The Balaban J connectivity index is 1.72. The van der Waals surface area contributed by atoms with Crippen LogP contribution in [0, 0.1) is 5.41 Å². The van der Waals surface area contributed by atoms with Crippen LogP contribution in [-0.2, 0) is 11.3 Å². The lowest BCUT2D eigenvalue weighted by Crippen LogP contribution is -2.41. The number of rotatable bonds is 2. The molecule has 0 saturated carbocycles. The molecule has 2 saturated heterocycles. The predicted octanol–water partition coefficient (Wildman–Crippen LogP) is 0.976. The molecule has 0 unspecified atom stereocenters. The number of aliphatic hydroxyl groups excluding tert-OH is 1. The van der Waals surface area contributed by atoms with Gasteiger partial charge in [0.1, 0.15) is 5.69 Å².